The maximum absolute atomic E-state index is 12.8. The molecule has 3 rings (SSSR count). The molecule has 1 aliphatic heterocycles. The van der Waals surface area contributed by atoms with Gasteiger partial charge in [-0.25, -0.2) is 4.79 Å². The van der Waals surface area contributed by atoms with E-state index in [9.17, 15) is 19.5 Å². The zero-order valence-corrected chi connectivity index (χ0v) is 16.5. The van der Waals surface area contributed by atoms with Gasteiger partial charge in [0.25, 0.3) is 11.8 Å². The maximum Gasteiger partial charge on any atom is 0.407 e. The molecular weight excluding hydrogens is 344 g/mol. The number of hydrogen-bond donors (Lipinski definition) is 1. The Morgan fingerprint density at radius 1 is 1.15 bits per heavy atom. The van der Waals surface area contributed by atoms with Gasteiger partial charge < -0.3 is 10.0 Å². The largest absolute Gasteiger partial charge is 0.465 e. The first-order chi connectivity index (χ1) is 12.6. The smallest absolute Gasteiger partial charge is 0.407 e. The lowest BCUT2D eigenvalue weighted by atomic mass is 9.58. The molecule has 1 aliphatic carbocycles. The predicted molar refractivity (Wildman–Crippen MR) is 102 cm³/mol. The Morgan fingerprint density at radius 3 is 2.04 bits per heavy atom. The van der Waals surface area contributed by atoms with Gasteiger partial charge in [0, 0.05) is 19.6 Å². The third kappa shape index (κ3) is 3.22. The van der Waals surface area contributed by atoms with E-state index in [2.05, 4.69) is 20.8 Å². The molecule has 0 radical (unpaired) electrons. The molecule has 6 nitrogen and oxygen atoms in total. The maximum atomic E-state index is 12.8. The fourth-order valence-electron chi connectivity index (χ4n) is 4.53. The zero-order chi connectivity index (χ0) is 20.0. The number of benzene rings is 1. The lowest BCUT2D eigenvalue weighted by molar-refractivity contribution is -0.00960. The number of carbonyl (C=O) groups is 3. The molecular formula is C21H28N2O4. The Hall–Kier alpha value is -2.37. The van der Waals surface area contributed by atoms with Crippen LogP contribution >= 0.6 is 0 Å². The summed E-state index contributed by atoms with van der Waals surface area (Å²) in [6.45, 7) is 6.82. The average Bonchev–Trinajstić information content (AvgIpc) is 2.86. The van der Waals surface area contributed by atoms with Crippen molar-refractivity contribution < 1.29 is 19.5 Å². The van der Waals surface area contributed by atoms with Crippen LogP contribution in [0.1, 0.15) is 67.2 Å². The summed E-state index contributed by atoms with van der Waals surface area (Å²) in [5.41, 5.74) is 0.613. The third-order valence-corrected chi connectivity index (χ3v) is 6.69. The Kier molecular flexibility index (Phi) is 4.78. The minimum Gasteiger partial charge on any atom is -0.465 e. The monoisotopic (exact) mass is 372 g/mol. The van der Waals surface area contributed by atoms with Crippen molar-refractivity contribution in [3.8, 4) is 0 Å². The second-order valence-corrected chi connectivity index (χ2v) is 8.90. The van der Waals surface area contributed by atoms with Crippen LogP contribution in [-0.4, -0.2) is 52.4 Å². The minimum absolute atomic E-state index is 0.0137. The topological polar surface area (TPSA) is 77.9 Å². The Bertz CT molecular complexity index is 738. The van der Waals surface area contributed by atoms with Crippen molar-refractivity contribution in [1.82, 2.24) is 9.80 Å². The third-order valence-electron chi connectivity index (χ3n) is 6.69. The van der Waals surface area contributed by atoms with Crippen molar-refractivity contribution in [1.29, 1.82) is 0 Å². The van der Waals surface area contributed by atoms with Crippen molar-refractivity contribution in [3.05, 3.63) is 35.4 Å². The molecule has 6 heteroatoms. The van der Waals surface area contributed by atoms with Gasteiger partial charge in [-0.05, 0) is 48.6 Å². The van der Waals surface area contributed by atoms with Crippen LogP contribution in [0, 0.1) is 10.8 Å². The molecule has 0 aromatic heterocycles. The van der Waals surface area contributed by atoms with Gasteiger partial charge in [-0.1, -0.05) is 32.9 Å². The number of nitrogens with zero attached hydrogens (tertiary/aromatic N) is 2. The van der Waals surface area contributed by atoms with Gasteiger partial charge in [-0.15, -0.1) is 0 Å². The van der Waals surface area contributed by atoms with Crippen LogP contribution in [0.2, 0.25) is 0 Å². The number of hydrogen-bond acceptors (Lipinski definition) is 3. The molecule has 0 saturated heterocycles. The quantitative estimate of drug-likeness (QED) is 0.817. The molecule has 1 saturated carbocycles. The van der Waals surface area contributed by atoms with E-state index in [1.807, 2.05) is 0 Å². The highest BCUT2D eigenvalue weighted by Gasteiger charge is 2.49. The highest BCUT2D eigenvalue weighted by molar-refractivity contribution is 6.21. The number of amides is 3. The Balaban J connectivity index is 1.83. The minimum atomic E-state index is -0.913. The van der Waals surface area contributed by atoms with E-state index in [1.165, 1.54) is 9.80 Å². The molecule has 1 heterocycles. The second-order valence-electron chi connectivity index (χ2n) is 8.90. The number of imide groups is 1. The first-order valence-electron chi connectivity index (χ1n) is 9.48. The normalized spacial score (nSPS) is 25.5. The zero-order valence-electron chi connectivity index (χ0n) is 16.5. The van der Waals surface area contributed by atoms with E-state index in [0.717, 1.165) is 25.7 Å². The van der Waals surface area contributed by atoms with Crippen molar-refractivity contribution in [2.24, 2.45) is 10.8 Å². The standard InChI is InChI=1S/C21H28N2O4/c1-20(2,3)21(11-9-14(10-12-21)22(4)19(26)27)13-23-17(24)15-7-5-6-8-16(15)18(23)25/h5-8,14H,9-13H2,1-4H3,(H,26,27). The van der Waals surface area contributed by atoms with E-state index in [-0.39, 0.29) is 28.7 Å². The van der Waals surface area contributed by atoms with E-state index in [1.54, 1.807) is 31.3 Å². The second kappa shape index (κ2) is 6.66. The van der Waals surface area contributed by atoms with Crippen LogP contribution in [-0.2, 0) is 0 Å². The van der Waals surface area contributed by atoms with Gasteiger partial charge in [0.15, 0.2) is 0 Å². The fraction of sp³-hybridized carbons (Fsp3) is 0.571. The van der Waals surface area contributed by atoms with Gasteiger partial charge in [0.05, 0.1) is 11.1 Å². The summed E-state index contributed by atoms with van der Waals surface area (Å²) < 4.78 is 0. The summed E-state index contributed by atoms with van der Waals surface area (Å²) in [4.78, 5) is 39.7. The van der Waals surface area contributed by atoms with Crippen molar-refractivity contribution in [2.45, 2.75) is 52.5 Å². The Labute approximate surface area is 160 Å². The van der Waals surface area contributed by atoms with E-state index < -0.39 is 6.09 Å². The summed E-state index contributed by atoms with van der Waals surface area (Å²) >= 11 is 0. The molecule has 1 aromatic carbocycles. The predicted octanol–water partition coefficient (Wildman–Crippen LogP) is 3.87. The summed E-state index contributed by atoms with van der Waals surface area (Å²) in [6.07, 6.45) is 2.13. The number of fused-ring (bicyclic) bond motifs is 1. The highest BCUT2D eigenvalue weighted by atomic mass is 16.4. The van der Waals surface area contributed by atoms with Crippen molar-refractivity contribution >= 4 is 17.9 Å². The summed E-state index contributed by atoms with van der Waals surface area (Å²) in [5, 5.41) is 9.25. The lowest BCUT2D eigenvalue weighted by Crippen LogP contribution is -2.52. The first-order valence-corrected chi connectivity index (χ1v) is 9.48. The molecule has 0 atom stereocenters. The van der Waals surface area contributed by atoms with Crippen LogP contribution < -0.4 is 0 Å². The Morgan fingerprint density at radius 2 is 1.63 bits per heavy atom. The van der Waals surface area contributed by atoms with Crippen LogP contribution in [0.25, 0.3) is 0 Å². The van der Waals surface area contributed by atoms with Gasteiger partial charge in [-0.3, -0.25) is 14.5 Å². The highest BCUT2D eigenvalue weighted by Crippen LogP contribution is 2.51. The van der Waals surface area contributed by atoms with Crippen LogP contribution in [0.3, 0.4) is 0 Å². The molecule has 1 N–H and O–H groups in total. The lowest BCUT2D eigenvalue weighted by Gasteiger charge is -2.51. The van der Waals surface area contributed by atoms with E-state index >= 15 is 0 Å². The van der Waals surface area contributed by atoms with E-state index in [4.69, 9.17) is 0 Å². The summed E-state index contributed by atoms with van der Waals surface area (Å²) in [6, 6.07) is 6.95. The van der Waals surface area contributed by atoms with Crippen LogP contribution in [0.15, 0.2) is 24.3 Å². The van der Waals surface area contributed by atoms with E-state index in [0.29, 0.717) is 17.7 Å². The number of carbonyl (C=O) groups excluding carboxylic acids is 2. The summed E-state index contributed by atoms with van der Waals surface area (Å²) in [7, 11) is 1.61. The summed E-state index contributed by atoms with van der Waals surface area (Å²) in [5.74, 6) is -0.437. The van der Waals surface area contributed by atoms with Gasteiger partial charge >= 0.3 is 6.09 Å². The van der Waals surface area contributed by atoms with Crippen molar-refractivity contribution in [3.63, 3.8) is 0 Å². The SMILES string of the molecule is CN(C(=O)O)C1CCC(CN2C(=O)c3ccccc3C2=O)(C(C)(C)C)CC1. The van der Waals surface area contributed by atoms with Crippen LogP contribution in [0.5, 0.6) is 0 Å². The van der Waals surface area contributed by atoms with Crippen LogP contribution in [0.4, 0.5) is 4.79 Å². The molecule has 1 fully saturated rings. The molecule has 3 amide bonds. The van der Waals surface area contributed by atoms with Crippen molar-refractivity contribution in [2.75, 3.05) is 13.6 Å². The average molecular weight is 372 g/mol. The number of rotatable bonds is 3. The molecule has 0 spiro atoms. The van der Waals surface area contributed by atoms with Gasteiger partial charge in [-0.2, -0.15) is 0 Å². The first kappa shape index (κ1) is 19.4. The molecule has 0 unspecified atom stereocenters. The number of carboxylic acid groups (broad SMARTS) is 1. The molecule has 1 aromatic rings. The molecule has 2 aliphatic rings. The fourth-order valence-corrected chi connectivity index (χ4v) is 4.53. The van der Waals surface area contributed by atoms with Gasteiger partial charge in [0.1, 0.15) is 0 Å². The molecule has 27 heavy (non-hydrogen) atoms. The molecule has 146 valence electrons. The van der Waals surface area contributed by atoms with Gasteiger partial charge in [0.2, 0.25) is 0 Å². The molecule has 0 bridgehead atoms.